The van der Waals surface area contributed by atoms with Gasteiger partial charge in [0.1, 0.15) is 12.0 Å². The van der Waals surface area contributed by atoms with Crippen molar-refractivity contribution in [2.75, 3.05) is 7.11 Å². The highest BCUT2D eigenvalue weighted by Gasteiger charge is 2.20. The van der Waals surface area contributed by atoms with Crippen molar-refractivity contribution in [3.05, 3.63) is 47.7 Å². The predicted octanol–water partition coefficient (Wildman–Crippen LogP) is 2.35. The highest BCUT2D eigenvalue weighted by Crippen LogP contribution is 2.23. The number of rotatable bonds is 2. The van der Waals surface area contributed by atoms with Gasteiger partial charge >= 0.3 is 5.97 Å². The average molecular weight is 268 g/mol. The Hall–Kier alpha value is -2.44. The standard InChI is InChI=1S/C12H7F3N2O2/c1-19-12(18)11-9(15)10(16-5-17-11)6-2-3-7(13)8(14)4-6/h2-5H,1H3. The van der Waals surface area contributed by atoms with Gasteiger partial charge in [0.25, 0.3) is 0 Å². The molecule has 1 heterocycles. The molecule has 0 saturated carbocycles. The van der Waals surface area contributed by atoms with Gasteiger partial charge in [0.15, 0.2) is 23.1 Å². The summed E-state index contributed by atoms with van der Waals surface area (Å²) in [5.74, 6) is -4.24. The Morgan fingerprint density at radius 1 is 1.16 bits per heavy atom. The molecular weight excluding hydrogens is 261 g/mol. The maximum atomic E-state index is 14.0. The number of nitrogens with zero attached hydrogens (tertiary/aromatic N) is 2. The average Bonchev–Trinajstić information content (AvgIpc) is 2.41. The SMILES string of the molecule is COC(=O)c1ncnc(-c2ccc(F)c(F)c2)c1F. The first kappa shape index (κ1) is 13.0. The summed E-state index contributed by atoms with van der Waals surface area (Å²) in [4.78, 5) is 18.3. The summed E-state index contributed by atoms with van der Waals surface area (Å²) in [7, 11) is 1.07. The molecule has 0 fully saturated rings. The van der Waals surface area contributed by atoms with Gasteiger partial charge in [-0.1, -0.05) is 0 Å². The van der Waals surface area contributed by atoms with Crippen LogP contribution in [0.2, 0.25) is 0 Å². The van der Waals surface area contributed by atoms with Gasteiger partial charge in [-0.2, -0.15) is 0 Å². The van der Waals surface area contributed by atoms with Crippen molar-refractivity contribution < 1.29 is 22.7 Å². The minimum Gasteiger partial charge on any atom is -0.464 e. The molecule has 0 saturated heterocycles. The fraction of sp³-hybridized carbons (Fsp3) is 0.0833. The van der Waals surface area contributed by atoms with E-state index in [-0.39, 0.29) is 11.3 Å². The van der Waals surface area contributed by atoms with E-state index < -0.39 is 29.1 Å². The molecule has 7 heteroatoms. The van der Waals surface area contributed by atoms with E-state index >= 15 is 0 Å². The predicted molar refractivity (Wildman–Crippen MR) is 58.7 cm³/mol. The summed E-state index contributed by atoms with van der Waals surface area (Å²) >= 11 is 0. The van der Waals surface area contributed by atoms with Crippen LogP contribution in [0, 0.1) is 17.5 Å². The van der Waals surface area contributed by atoms with E-state index in [9.17, 15) is 18.0 Å². The first-order chi connectivity index (χ1) is 9.04. The molecule has 1 aromatic heterocycles. The smallest absolute Gasteiger partial charge is 0.359 e. The first-order valence-corrected chi connectivity index (χ1v) is 5.09. The molecule has 0 aliphatic heterocycles. The first-order valence-electron chi connectivity index (χ1n) is 5.09. The number of halogens is 3. The van der Waals surface area contributed by atoms with Crippen molar-refractivity contribution in [1.82, 2.24) is 9.97 Å². The molecule has 0 radical (unpaired) electrons. The molecule has 0 unspecified atom stereocenters. The Morgan fingerprint density at radius 2 is 1.89 bits per heavy atom. The summed E-state index contributed by atoms with van der Waals surface area (Å²) in [5, 5.41) is 0. The molecular formula is C12H7F3N2O2. The molecule has 0 aliphatic carbocycles. The van der Waals surface area contributed by atoms with Crippen LogP contribution in [-0.4, -0.2) is 23.0 Å². The second kappa shape index (κ2) is 5.05. The van der Waals surface area contributed by atoms with E-state index in [1.807, 2.05) is 0 Å². The lowest BCUT2D eigenvalue weighted by molar-refractivity contribution is 0.0588. The number of carbonyl (C=O) groups is 1. The zero-order chi connectivity index (χ0) is 14.0. The third kappa shape index (κ3) is 2.40. The number of methoxy groups -OCH3 is 1. The highest BCUT2D eigenvalue weighted by atomic mass is 19.2. The summed E-state index contributed by atoms with van der Waals surface area (Å²) in [5.41, 5.74) is -0.893. The molecule has 0 N–H and O–H groups in total. The minimum absolute atomic E-state index is 0.0102. The van der Waals surface area contributed by atoms with Gasteiger partial charge in [0.2, 0.25) is 0 Å². The van der Waals surface area contributed by atoms with E-state index in [1.165, 1.54) is 0 Å². The van der Waals surface area contributed by atoms with Gasteiger partial charge in [-0.25, -0.2) is 27.9 Å². The Bertz CT molecular complexity index is 647. The minimum atomic E-state index is -1.14. The van der Waals surface area contributed by atoms with Gasteiger partial charge in [-0.05, 0) is 18.2 Å². The highest BCUT2D eigenvalue weighted by molar-refractivity contribution is 5.88. The number of hydrogen-bond acceptors (Lipinski definition) is 4. The van der Waals surface area contributed by atoms with Crippen LogP contribution in [-0.2, 0) is 4.74 Å². The molecule has 0 amide bonds. The van der Waals surface area contributed by atoms with Crippen LogP contribution in [0.5, 0.6) is 0 Å². The lowest BCUT2D eigenvalue weighted by Gasteiger charge is -2.05. The Morgan fingerprint density at radius 3 is 2.53 bits per heavy atom. The summed E-state index contributed by atoms with van der Waals surface area (Å²) in [6.45, 7) is 0. The number of benzene rings is 1. The monoisotopic (exact) mass is 268 g/mol. The Balaban J connectivity index is 2.56. The third-order valence-electron chi connectivity index (χ3n) is 2.36. The summed E-state index contributed by atoms with van der Waals surface area (Å²) < 4.78 is 44.2. The molecule has 1 aromatic carbocycles. The van der Waals surface area contributed by atoms with Crippen molar-refractivity contribution in [3.63, 3.8) is 0 Å². The van der Waals surface area contributed by atoms with Crippen LogP contribution in [0.4, 0.5) is 13.2 Å². The maximum absolute atomic E-state index is 14.0. The summed E-state index contributed by atoms with van der Waals surface area (Å²) in [6, 6.07) is 2.76. The van der Waals surface area contributed by atoms with Crippen molar-refractivity contribution in [1.29, 1.82) is 0 Å². The topological polar surface area (TPSA) is 52.1 Å². The van der Waals surface area contributed by atoms with Crippen LogP contribution < -0.4 is 0 Å². The Kier molecular flexibility index (Phi) is 3.46. The van der Waals surface area contributed by atoms with Gasteiger partial charge in [-0.15, -0.1) is 0 Å². The lowest BCUT2D eigenvalue weighted by atomic mass is 10.1. The fourth-order valence-electron chi connectivity index (χ4n) is 1.45. The van der Waals surface area contributed by atoms with E-state index in [4.69, 9.17) is 0 Å². The van der Waals surface area contributed by atoms with E-state index in [1.54, 1.807) is 0 Å². The molecule has 98 valence electrons. The van der Waals surface area contributed by atoms with Crippen molar-refractivity contribution in [2.24, 2.45) is 0 Å². The second-order valence-corrected chi connectivity index (χ2v) is 3.51. The van der Waals surface area contributed by atoms with Gasteiger partial charge < -0.3 is 4.74 Å². The molecule has 19 heavy (non-hydrogen) atoms. The number of esters is 1. The molecule has 0 spiro atoms. The number of ether oxygens (including phenoxy) is 1. The van der Waals surface area contributed by atoms with Crippen LogP contribution >= 0.6 is 0 Å². The zero-order valence-electron chi connectivity index (χ0n) is 9.65. The van der Waals surface area contributed by atoms with E-state index in [0.29, 0.717) is 0 Å². The fourth-order valence-corrected chi connectivity index (χ4v) is 1.45. The van der Waals surface area contributed by atoms with Gasteiger partial charge in [0.05, 0.1) is 7.11 Å². The second-order valence-electron chi connectivity index (χ2n) is 3.51. The number of hydrogen-bond donors (Lipinski definition) is 0. The molecule has 0 bridgehead atoms. The van der Waals surface area contributed by atoms with E-state index in [0.717, 1.165) is 31.6 Å². The molecule has 2 aromatic rings. The molecule has 0 aliphatic rings. The van der Waals surface area contributed by atoms with Crippen LogP contribution in [0.25, 0.3) is 11.3 Å². The number of carbonyl (C=O) groups excluding carboxylic acids is 1. The molecule has 0 atom stereocenters. The normalized spacial score (nSPS) is 10.3. The number of aromatic nitrogens is 2. The van der Waals surface area contributed by atoms with Gasteiger partial charge in [-0.3, -0.25) is 0 Å². The van der Waals surface area contributed by atoms with E-state index in [2.05, 4.69) is 14.7 Å². The largest absolute Gasteiger partial charge is 0.464 e. The van der Waals surface area contributed by atoms with Crippen LogP contribution in [0.1, 0.15) is 10.5 Å². The maximum Gasteiger partial charge on any atom is 0.359 e. The van der Waals surface area contributed by atoms with Crippen LogP contribution in [0.15, 0.2) is 24.5 Å². The lowest BCUT2D eigenvalue weighted by Crippen LogP contribution is -2.09. The van der Waals surface area contributed by atoms with Crippen molar-refractivity contribution in [2.45, 2.75) is 0 Å². The van der Waals surface area contributed by atoms with Crippen LogP contribution in [0.3, 0.4) is 0 Å². The van der Waals surface area contributed by atoms with Gasteiger partial charge in [0, 0.05) is 5.56 Å². The van der Waals surface area contributed by atoms with Crippen molar-refractivity contribution >= 4 is 5.97 Å². The third-order valence-corrected chi connectivity index (χ3v) is 2.36. The Labute approximate surface area is 105 Å². The molecule has 4 nitrogen and oxygen atoms in total. The summed E-state index contributed by atoms with van der Waals surface area (Å²) in [6.07, 6.45) is 0.936. The van der Waals surface area contributed by atoms with Crippen molar-refractivity contribution in [3.8, 4) is 11.3 Å². The molecule has 2 rings (SSSR count). The quantitative estimate of drug-likeness (QED) is 0.784. The zero-order valence-corrected chi connectivity index (χ0v) is 9.65.